The van der Waals surface area contributed by atoms with Gasteiger partial charge in [-0.1, -0.05) is 48.5 Å². The van der Waals surface area contributed by atoms with E-state index in [0.29, 0.717) is 17.9 Å². The number of hydrogen-bond donors (Lipinski definition) is 0. The van der Waals surface area contributed by atoms with Crippen LogP contribution >= 0.6 is 0 Å². The zero-order chi connectivity index (χ0) is 17.6. The van der Waals surface area contributed by atoms with E-state index in [-0.39, 0.29) is 12.5 Å². The Hall–Kier alpha value is -3.14. The standard InChI is InChI=1S/C21H19NO3/c1-2-25-21(24)18(12-16-8-4-3-5-9-16)14-22-19(15-23)13-17-10-6-7-11-20(17)22/h3-13,15H,2,14H2,1H3/b18-12+. The van der Waals surface area contributed by atoms with Gasteiger partial charge in [0.15, 0.2) is 6.29 Å². The van der Waals surface area contributed by atoms with E-state index in [9.17, 15) is 9.59 Å². The lowest BCUT2D eigenvalue weighted by atomic mass is 10.1. The summed E-state index contributed by atoms with van der Waals surface area (Å²) in [6, 6.07) is 19.1. The molecule has 0 unspecified atom stereocenters. The van der Waals surface area contributed by atoms with Gasteiger partial charge >= 0.3 is 5.97 Å². The Morgan fingerprint density at radius 3 is 2.52 bits per heavy atom. The highest BCUT2D eigenvalue weighted by Gasteiger charge is 2.15. The van der Waals surface area contributed by atoms with E-state index in [2.05, 4.69) is 0 Å². The van der Waals surface area contributed by atoms with E-state index in [1.165, 1.54) is 0 Å². The van der Waals surface area contributed by atoms with E-state index in [1.807, 2.05) is 65.2 Å². The van der Waals surface area contributed by atoms with Crippen LogP contribution in [0.25, 0.3) is 17.0 Å². The van der Waals surface area contributed by atoms with Crippen molar-refractivity contribution in [3.05, 3.63) is 77.5 Å². The minimum absolute atomic E-state index is 0.273. The number of hydrogen-bond acceptors (Lipinski definition) is 3. The van der Waals surface area contributed by atoms with Gasteiger partial charge in [-0.05, 0) is 30.7 Å². The van der Waals surface area contributed by atoms with Crippen molar-refractivity contribution in [3.8, 4) is 0 Å². The van der Waals surface area contributed by atoms with Gasteiger partial charge in [0.1, 0.15) is 0 Å². The second-order valence-electron chi connectivity index (χ2n) is 5.63. The zero-order valence-corrected chi connectivity index (χ0v) is 14.0. The summed E-state index contributed by atoms with van der Waals surface area (Å²) in [5.74, 6) is -0.374. The van der Waals surface area contributed by atoms with Gasteiger partial charge in [-0.2, -0.15) is 0 Å². The smallest absolute Gasteiger partial charge is 0.335 e. The maximum Gasteiger partial charge on any atom is 0.335 e. The highest BCUT2D eigenvalue weighted by atomic mass is 16.5. The van der Waals surface area contributed by atoms with Crippen molar-refractivity contribution >= 4 is 29.2 Å². The largest absolute Gasteiger partial charge is 0.463 e. The minimum Gasteiger partial charge on any atom is -0.463 e. The van der Waals surface area contributed by atoms with Gasteiger partial charge < -0.3 is 9.30 Å². The number of ether oxygens (including phenoxy) is 1. The van der Waals surface area contributed by atoms with Gasteiger partial charge in [0.25, 0.3) is 0 Å². The van der Waals surface area contributed by atoms with Crippen molar-refractivity contribution in [2.24, 2.45) is 0 Å². The third-order valence-corrected chi connectivity index (χ3v) is 3.97. The summed E-state index contributed by atoms with van der Waals surface area (Å²) >= 11 is 0. The molecule has 2 aromatic carbocycles. The average molecular weight is 333 g/mol. The van der Waals surface area contributed by atoms with Crippen LogP contribution in [0.2, 0.25) is 0 Å². The second kappa shape index (κ2) is 7.62. The fourth-order valence-corrected chi connectivity index (χ4v) is 2.82. The monoisotopic (exact) mass is 333 g/mol. The van der Waals surface area contributed by atoms with Crippen LogP contribution in [-0.2, 0) is 16.1 Å². The van der Waals surface area contributed by atoms with E-state index in [0.717, 1.165) is 22.8 Å². The van der Waals surface area contributed by atoms with Crippen LogP contribution < -0.4 is 0 Å². The second-order valence-corrected chi connectivity index (χ2v) is 5.63. The van der Waals surface area contributed by atoms with Crippen molar-refractivity contribution < 1.29 is 14.3 Å². The summed E-state index contributed by atoms with van der Waals surface area (Å²) < 4.78 is 7.04. The fourth-order valence-electron chi connectivity index (χ4n) is 2.82. The molecule has 0 N–H and O–H groups in total. The quantitative estimate of drug-likeness (QED) is 0.388. The molecule has 3 aromatic rings. The molecule has 0 amide bonds. The van der Waals surface area contributed by atoms with Crippen molar-refractivity contribution in [1.29, 1.82) is 0 Å². The lowest BCUT2D eigenvalue weighted by Crippen LogP contribution is -2.14. The van der Waals surface area contributed by atoms with Crippen LogP contribution in [0.5, 0.6) is 0 Å². The number of carbonyl (C=O) groups is 2. The first-order chi connectivity index (χ1) is 12.2. The number of nitrogens with zero attached hydrogens (tertiary/aromatic N) is 1. The molecule has 4 heteroatoms. The number of benzene rings is 2. The summed E-state index contributed by atoms with van der Waals surface area (Å²) in [7, 11) is 0. The fraction of sp³-hybridized carbons (Fsp3) is 0.143. The summed E-state index contributed by atoms with van der Waals surface area (Å²) in [6.07, 6.45) is 2.62. The van der Waals surface area contributed by atoms with Gasteiger partial charge in [0.2, 0.25) is 0 Å². The number of carbonyl (C=O) groups excluding carboxylic acids is 2. The molecule has 1 aromatic heterocycles. The van der Waals surface area contributed by atoms with Crippen LogP contribution in [0.3, 0.4) is 0 Å². The first-order valence-corrected chi connectivity index (χ1v) is 8.19. The van der Waals surface area contributed by atoms with Crippen LogP contribution in [-0.4, -0.2) is 23.4 Å². The lowest BCUT2D eigenvalue weighted by Gasteiger charge is -2.11. The minimum atomic E-state index is -0.374. The Bertz CT molecular complexity index is 923. The third kappa shape index (κ3) is 3.69. The molecule has 3 rings (SSSR count). The van der Waals surface area contributed by atoms with E-state index in [4.69, 9.17) is 4.74 Å². The molecule has 0 radical (unpaired) electrons. The summed E-state index contributed by atoms with van der Waals surface area (Å²) in [5.41, 5.74) is 2.85. The molecule has 1 heterocycles. The van der Waals surface area contributed by atoms with Crippen molar-refractivity contribution in [2.75, 3.05) is 6.61 Å². The Kier molecular flexibility index (Phi) is 5.09. The molecule has 0 aliphatic rings. The number of esters is 1. The van der Waals surface area contributed by atoms with Crippen molar-refractivity contribution in [3.63, 3.8) is 0 Å². The first kappa shape index (κ1) is 16.7. The zero-order valence-electron chi connectivity index (χ0n) is 14.0. The van der Waals surface area contributed by atoms with Crippen LogP contribution in [0.4, 0.5) is 0 Å². The van der Waals surface area contributed by atoms with Crippen LogP contribution in [0.15, 0.2) is 66.2 Å². The van der Waals surface area contributed by atoms with Crippen LogP contribution in [0.1, 0.15) is 23.0 Å². The number of aromatic nitrogens is 1. The number of fused-ring (bicyclic) bond motifs is 1. The topological polar surface area (TPSA) is 48.3 Å². The van der Waals surface area contributed by atoms with Crippen LogP contribution in [0, 0.1) is 0 Å². The maximum atomic E-state index is 12.4. The number of para-hydroxylation sites is 1. The molecule has 0 aliphatic carbocycles. The van der Waals surface area contributed by atoms with E-state index in [1.54, 1.807) is 13.0 Å². The molecule has 0 aliphatic heterocycles. The number of rotatable bonds is 6. The molecule has 126 valence electrons. The molecular weight excluding hydrogens is 314 g/mol. The SMILES string of the molecule is CCOC(=O)/C(=C/c1ccccc1)Cn1c(C=O)cc2ccccc21. The summed E-state index contributed by atoms with van der Waals surface area (Å²) in [5, 5.41) is 0.965. The molecular formula is C21H19NO3. The van der Waals surface area contributed by atoms with Gasteiger partial charge in [-0.25, -0.2) is 4.79 Å². The lowest BCUT2D eigenvalue weighted by molar-refractivity contribution is -0.138. The van der Waals surface area contributed by atoms with E-state index >= 15 is 0 Å². The Balaban J connectivity index is 2.05. The molecule has 4 nitrogen and oxygen atoms in total. The Morgan fingerprint density at radius 2 is 1.80 bits per heavy atom. The highest BCUT2D eigenvalue weighted by molar-refractivity contribution is 5.95. The van der Waals surface area contributed by atoms with Gasteiger partial charge in [0, 0.05) is 10.9 Å². The molecule has 0 spiro atoms. The Labute approximate surface area is 146 Å². The van der Waals surface area contributed by atoms with Crippen molar-refractivity contribution in [2.45, 2.75) is 13.5 Å². The van der Waals surface area contributed by atoms with Gasteiger partial charge in [-0.3, -0.25) is 4.79 Å². The number of aldehydes is 1. The molecule has 0 saturated heterocycles. The first-order valence-electron chi connectivity index (χ1n) is 8.19. The van der Waals surface area contributed by atoms with Gasteiger partial charge in [0.05, 0.1) is 24.4 Å². The predicted molar refractivity (Wildman–Crippen MR) is 98.4 cm³/mol. The van der Waals surface area contributed by atoms with Crippen molar-refractivity contribution in [1.82, 2.24) is 4.57 Å². The van der Waals surface area contributed by atoms with Gasteiger partial charge in [-0.15, -0.1) is 0 Å². The highest BCUT2D eigenvalue weighted by Crippen LogP contribution is 2.21. The average Bonchev–Trinajstić information content (AvgIpc) is 3.00. The molecule has 25 heavy (non-hydrogen) atoms. The predicted octanol–water partition coefficient (Wildman–Crippen LogP) is 4.10. The third-order valence-electron chi connectivity index (χ3n) is 3.97. The maximum absolute atomic E-state index is 12.4. The summed E-state index contributed by atoms with van der Waals surface area (Å²) in [4.78, 5) is 23.9. The Morgan fingerprint density at radius 1 is 1.08 bits per heavy atom. The molecule has 0 bridgehead atoms. The molecule has 0 saturated carbocycles. The molecule has 0 fully saturated rings. The van der Waals surface area contributed by atoms with E-state index < -0.39 is 0 Å². The molecule has 0 atom stereocenters. The summed E-state index contributed by atoms with van der Waals surface area (Å²) in [6.45, 7) is 2.35. The normalized spacial score (nSPS) is 11.5.